The van der Waals surface area contributed by atoms with Gasteiger partial charge < -0.3 is 4.74 Å². The van der Waals surface area contributed by atoms with Gasteiger partial charge >= 0.3 is 0 Å². The highest BCUT2D eigenvalue weighted by Gasteiger charge is 2.04. The Morgan fingerprint density at radius 3 is 2.75 bits per heavy atom. The van der Waals surface area contributed by atoms with Crippen LogP contribution in [-0.2, 0) is 4.74 Å². The number of methoxy groups -OCH3 is 1. The smallest absolute Gasteiger partial charge is 0.120 e. The fourth-order valence-corrected chi connectivity index (χ4v) is 1.23. The minimum Gasteiger partial charge on any atom is -0.539 e. The standard InChI is InChI=1S/C10H15NO/c1-11(2)8-9-6-4-5-7-10(9)12-3/h6-8H,1,4-5H2,2-3H3. The molecule has 1 aliphatic rings. The number of hydrogen-bond donors (Lipinski definition) is 0. The SMILES string of the molecule is C=[N+](C)[CH-]C1=CCCC=C1OC. The van der Waals surface area contributed by atoms with E-state index < -0.39 is 0 Å². The highest BCUT2D eigenvalue weighted by Crippen LogP contribution is 2.20. The van der Waals surface area contributed by atoms with Gasteiger partial charge in [-0.1, -0.05) is 12.5 Å². The number of nitrogens with zero attached hydrogens (tertiary/aromatic N) is 1. The zero-order valence-electron chi connectivity index (χ0n) is 7.71. The molecule has 0 unspecified atom stereocenters. The number of hydrogen-bond acceptors (Lipinski definition) is 1. The van der Waals surface area contributed by atoms with Crippen LogP contribution in [0.1, 0.15) is 12.8 Å². The number of ether oxygens (including phenoxy) is 1. The molecule has 0 saturated heterocycles. The van der Waals surface area contributed by atoms with E-state index in [4.69, 9.17) is 4.74 Å². The van der Waals surface area contributed by atoms with E-state index in [1.54, 1.807) is 11.7 Å². The Kier molecular flexibility index (Phi) is 2.97. The summed E-state index contributed by atoms with van der Waals surface area (Å²) in [6.45, 7) is 5.72. The predicted octanol–water partition coefficient (Wildman–Crippen LogP) is 1.74. The van der Waals surface area contributed by atoms with Crippen molar-refractivity contribution in [1.29, 1.82) is 0 Å². The van der Waals surface area contributed by atoms with Crippen LogP contribution in [0.2, 0.25) is 0 Å². The fraction of sp³-hybridized carbons (Fsp3) is 0.400. The first kappa shape index (κ1) is 8.91. The second-order valence-corrected chi connectivity index (χ2v) is 2.90. The largest absolute Gasteiger partial charge is 0.539 e. The van der Waals surface area contributed by atoms with Gasteiger partial charge in [0.05, 0.1) is 20.4 Å². The Hall–Kier alpha value is -1.18. The average Bonchev–Trinajstić information content (AvgIpc) is 2.04. The molecule has 0 N–H and O–H groups in total. The molecular formula is C10H15NO. The number of likely N-dealkylation sites (N-methyl/N-ethyl adjacent to an activating group) is 1. The lowest BCUT2D eigenvalue weighted by Crippen LogP contribution is -2.05. The zero-order valence-corrected chi connectivity index (χ0v) is 7.71. The van der Waals surface area contributed by atoms with Crippen LogP contribution in [0.15, 0.2) is 23.5 Å². The molecule has 0 aromatic carbocycles. The summed E-state index contributed by atoms with van der Waals surface area (Å²) in [4.78, 5) is 0. The van der Waals surface area contributed by atoms with Crippen molar-refractivity contribution >= 4 is 6.72 Å². The van der Waals surface area contributed by atoms with Crippen LogP contribution >= 0.6 is 0 Å². The maximum atomic E-state index is 5.21. The van der Waals surface area contributed by atoms with Gasteiger partial charge in [-0.3, -0.25) is 4.58 Å². The van der Waals surface area contributed by atoms with E-state index in [0.29, 0.717) is 0 Å². The molecule has 0 aromatic rings. The van der Waals surface area contributed by atoms with E-state index in [1.165, 1.54) is 0 Å². The van der Waals surface area contributed by atoms with Crippen molar-refractivity contribution in [3.63, 3.8) is 0 Å². The van der Waals surface area contributed by atoms with E-state index in [-0.39, 0.29) is 0 Å². The summed E-state index contributed by atoms with van der Waals surface area (Å²) in [5.41, 5.74) is 1.13. The minimum absolute atomic E-state index is 0.955. The summed E-state index contributed by atoms with van der Waals surface area (Å²) in [7, 11) is 3.60. The third-order valence-electron chi connectivity index (χ3n) is 1.72. The summed E-state index contributed by atoms with van der Waals surface area (Å²) < 4.78 is 6.99. The Morgan fingerprint density at radius 1 is 1.50 bits per heavy atom. The minimum atomic E-state index is 0.955. The summed E-state index contributed by atoms with van der Waals surface area (Å²) >= 11 is 0. The first-order valence-corrected chi connectivity index (χ1v) is 4.07. The van der Waals surface area contributed by atoms with Crippen LogP contribution in [0.4, 0.5) is 0 Å². The van der Waals surface area contributed by atoms with E-state index >= 15 is 0 Å². The Bertz CT molecular complexity index is 238. The molecule has 0 radical (unpaired) electrons. The molecule has 2 heteroatoms. The van der Waals surface area contributed by atoms with Crippen molar-refractivity contribution in [1.82, 2.24) is 0 Å². The quantitative estimate of drug-likeness (QED) is 0.352. The molecule has 2 nitrogen and oxygen atoms in total. The molecule has 0 bridgehead atoms. The number of allylic oxidation sites excluding steroid dienone is 2. The monoisotopic (exact) mass is 165 g/mol. The Morgan fingerprint density at radius 2 is 2.17 bits per heavy atom. The van der Waals surface area contributed by atoms with Gasteiger partial charge in [0.1, 0.15) is 7.05 Å². The van der Waals surface area contributed by atoms with Crippen molar-refractivity contribution in [3.05, 3.63) is 30.0 Å². The van der Waals surface area contributed by atoms with Gasteiger partial charge in [0.2, 0.25) is 0 Å². The summed E-state index contributed by atoms with van der Waals surface area (Å²) in [6.07, 6.45) is 6.43. The third kappa shape index (κ3) is 2.16. The maximum Gasteiger partial charge on any atom is 0.120 e. The molecule has 12 heavy (non-hydrogen) atoms. The lowest BCUT2D eigenvalue weighted by Gasteiger charge is -2.18. The fourth-order valence-electron chi connectivity index (χ4n) is 1.23. The van der Waals surface area contributed by atoms with Gasteiger partial charge in [0.15, 0.2) is 0 Å². The van der Waals surface area contributed by atoms with Gasteiger partial charge in [-0.25, -0.2) is 0 Å². The molecule has 0 spiro atoms. The van der Waals surface area contributed by atoms with Gasteiger partial charge in [0, 0.05) is 5.76 Å². The van der Waals surface area contributed by atoms with Crippen LogP contribution < -0.4 is 0 Å². The summed E-state index contributed by atoms with van der Waals surface area (Å²) in [6, 6.07) is 0. The van der Waals surface area contributed by atoms with Crippen molar-refractivity contribution < 1.29 is 9.31 Å². The lowest BCUT2D eigenvalue weighted by molar-refractivity contribution is -0.439. The van der Waals surface area contributed by atoms with E-state index in [0.717, 1.165) is 24.2 Å². The number of rotatable bonds is 3. The molecule has 0 heterocycles. The molecule has 66 valence electrons. The predicted molar refractivity (Wildman–Crippen MR) is 50.0 cm³/mol. The van der Waals surface area contributed by atoms with Crippen LogP contribution in [0.3, 0.4) is 0 Å². The molecule has 0 aliphatic heterocycles. The molecule has 0 amide bonds. The second kappa shape index (κ2) is 4.00. The van der Waals surface area contributed by atoms with Crippen molar-refractivity contribution in [2.24, 2.45) is 0 Å². The first-order chi connectivity index (χ1) is 5.74. The van der Waals surface area contributed by atoms with Crippen molar-refractivity contribution in [2.45, 2.75) is 12.8 Å². The highest BCUT2D eigenvalue weighted by molar-refractivity contribution is 5.34. The van der Waals surface area contributed by atoms with E-state index in [9.17, 15) is 0 Å². The molecule has 0 atom stereocenters. The van der Waals surface area contributed by atoms with E-state index in [2.05, 4.69) is 18.9 Å². The van der Waals surface area contributed by atoms with Crippen LogP contribution in [-0.4, -0.2) is 25.5 Å². The average molecular weight is 165 g/mol. The van der Waals surface area contributed by atoms with E-state index in [1.807, 2.05) is 13.6 Å². The first-order valence-electron chi connectivity index (χ1n) is 4.07. The summed E-state index contributed by atoms with van der Waals surface area (Å²) in [5.74, 6) is 0.955. The van der Waals surface area contributed by atoms with Crippen LogP contribution in [0, 0.1) is 6.54 Å². The maximum absolute atomic E-state index is 5.21. The van der Waals surface area contributed by atoms with Crippen LogP contribution in [0.5, 0.6) is 0 Å². The normalized spacial score (nSPS) is 16.2. The zero-order chi connectivity index (χ0) is 8.97. The second-order valence-electron chi connectivity index (χ2n) is 2.90. The van der Waals surface area contributed by atoms with Gasteiger partial charge in [-0.15, -0.1) is 6.08 Å². The lowest BCUT2D eigenvalue weighted by atomic mass is 10.1. The molecule has 1 aliphatic carbocycles. The van der Waals surface area contributed by atoms with Gasteiger partial charge in [0.25, 0.3) is 0 Å². The Labute approximate surface area is 73.9 Å². The van der Waals surface area contributed by atoms with Gasteiger partial charge in [-0.2, -0.15) is 0 Å². The van der Waals surface area contributed by atoms with Crippen molar-refractivity contribution in [2.75, 3.05) is 14.2 Å². The van der Waals surface area contributed by atoms with Crippen LogP contribution in [0.25, 0.3) is 0 Å². The molecule has 1 rings (SSSR count). The van der Waals surface area contributed by atoms with Crippen molar-refractivity contribution in [3.8, 4) is 0 Å². The topological polar surface area (TPSA) is 12.2 Å². The Balaban J connectivity index is 2.67. The summed E-state index contributed by atoms with van der Waals surface area (Å²) in [5, 5.41) is 0. The highest BCUT2D eigenvalue weighted by atomic mass is 16.5. The molecular weight excluding hydrogens is 150 g/mol. The molecule has 0 aromatic heterocycles. The molecule has 0 fully saturated rings. The third-order valence-corrected chi connectivity index (χ3v) is 1.72. The van der Waals surface area contributed by atoms with Gasteiger partial charge in [-0.05, 0) is 12.0 Å². The molecule has 0 saturated carbocycles.